The first-order valence-corrected chi connectivity index (χ1v) is 6.54. The Balaban J connectivity index is 2.36. The van der Waals surface area contributed by atoms with Crippen molar-refractivity contribution in [2.24, 2.45) is 5.73 Å². The molecule has 0 saturated heterocycles. The predicted octanol–water partition coefficient (Wildman–Crippen LogP) is 2.69. The van der Waals surface area contributed by atoms with E-state index in [1.165, 1.54) is 11.1 Å². The van der Waals surface area contributed by atoms with Gasteiger partial charge in [-0.15, -0.1) is 0 Å². The second kappa shape index (κ2) is 5.83. The molecule has 0 bridgehead atoms. The van der Waals surface area contributed by atoms with Crippen LogP contribution in [0, 0.1) is 6.92 Å². The largest absolute Gasteiger partial charge is 0.328 e. The minimum atomic E-state index is 0.189. The van der Waals surface area contributed by atoms with Crippen molar-refractivity contribution in [1.29, 1.82) is 0 Å². The molecule has 0 saturated carbocycles. The van der Waals surface area contributed by atoms with Gasteiger partial charge in [-0.3, -0.25) is 0 Å². The summed E-state index contributed by atoms with van der Waals surface area (Å²) in [5.41, 5.74) is 8.49. The first-order chi connectivity index (χ1) is 8.76. The Hall–Kier alpha value is -1.61. The van der Waals surface area contributed by atoms with Gasteiger partial charge in [-0.2, -0.15) is 0 Å². The summed E-state index contributed by atoms with van der Waals surface area (Å²) >= 11 is 0. The second-order valence-corrected chi connectivity index (χ2v) is 4.67. The van der Waals surface area contributed by atoms with E-state index in [0.717, 1.165) is 18.7 Å². The topological polar surface area (TPSA) is 43.8 Å². The number of aromatic nitrogens is 2. The van der Waals surface area contributed by atoms with Gasteiger partial charge in [0.25, 0.3) is 0 Å². The summed E-state index contributed by atoms with van der Waals surface area (Å²) in [4.78, 5) is 4.43. The zero-order chi connectivity index (χ0) is 13.0. The lowest BCUT2D eigenvalue weighted by molar-refractivity contribution is 0.561. The molecule has 1 aromatic heterocycles. The smallest absolute Gasteiger partial charge is 0.109 e. The molecule has 0 radical (unpaired) electrons. The van der Waals surface area contributed by atoms with Gasteiger partial charge in [0.2, 0.25) is 0 Å². The highest BCUT2D eigenvalue weighted by Crippen LogP contribution is 2.20. The highest BCUT2D eigenvalue weighted by atomic mass is 15.1. The van der Waals surface area contributed by atoms with E-state index >= 15 is 0 Å². The van der Waals surface area contributed by atoms with E-state index in [1.54, 1.807) is 0 Å². The summed E-state index contributed by atoms with van der Waals surface area (Å²) in [7, 11) is 0. The van der Waals surface area contributed by atoms with E-state index < -0.39 is 0 Å². The average Bonchev–Trinajstić information content (AvgIpc) is 2.79. The number of hydrogen-bond acceptors (Lipinski definition) is 2. The van der Waals surface area contributed by atoms with Crippen molar-refractivity contribution in [2.75, 3.05) is 6.54 Å². The first-order valence-electron chi connectivity index (χ1n) is 6.54. The summed E-state index contributed by atoms with van der Waals surface area (Å²) in [6.45, 7) is 4.87. The lowest BCUT2D eigenvalue weighted by atomic mass is 10.0. The lowest BCUT2D eigenvalue weighted by Crippen LogP contribution is -2.21. The molecule has 1 unspecified atom stereocenters. The molecular weight excluding hydrogens is 222 g/mol. The Morgan fingerprint density at radius 1 is 1.39 bits per heavy atom. The molecule has 0 amide bonds. The van der Waals surface area contributed by atoms with Crippen molar-refractivity contribution in [2.45, 2.75) is 32.7 Å². The highest BCUT2D eigenvalue weighted by Gasteiger charge is 2.14. The molecule has 2 aromatic rings. The minimum Gasteiger partial charge on any atom is -0.328 e. The van der Waals surface area contributed by atoms with Crippen molar-refractivity contribution in [3.63, 3.8) is 0 Å². The van der Waals surface area contributed by atoms with E-state index in [-0.39, 0.29) is 6.04 Å². The molecule has 3 heteroatoms. The van der Waals surface area contributed by atoms with E-state index in [2.05, 4.69) is 47.7 Å². The molecule has 1 heterocycles. The Labute approximate surface area is 109 Å². The van der Waals surface area contributed by atoms with Gasteiger partial charge < -0.3 is 10.3 Å². The maximum absolute atomic E-state index is 5.96. The standard InChI is InChI=1S/C15H21N3/c1-3-5-15-17-8-9-18(15)14(11-16)13-7-4-6-12(2)10-13/h4,6-10,14H,3,5,11,16H2,1-2H3. The molecular formula is C15H21N3. The van der Waals surface area contributed by atoms with Crippen molar-refractivity contribution in [1.82, 2.24) is 9.55 Å². The maximum Gasteiger partial charge on any atom is 0.109 e. The summed E-state index contributed by atoms with van der Waals surface area (Å²) in [5, 5.41) is 0. The summed E-state index contributed by atoms with van der Waals surface area (Å²) in [5.74, 6) is 1.12. The summed E-state index contributed by atoms with van der Waals surface area (Å²) in [6.07, 6.45) is 5.99. The SMILES string of the molecule is CCCc1nccn1C(CN)c1cccc(C)c1. The van der Waals surface area contributed by atoms with Gasteiger partial charge in [-0.05, 0) is 18.9 Å². The fourth-order valence-corrected chi connectivity index (χ4v) is 2.33. The fourth-order valence-electron chi connectivity index (χ4n) is 2.33. The number of imidazole rings is 1. The van der Waals surface area contributed by atoms with E-state index in [0.29, 0.717) is 6.54 Å². The molecule has 2 N–H and O–H groups in total. The summed E-state index contributed by atoms with van der Waals surface area (Å²) in [6, 6.07) is 8.73. The third-order valence-corrected chi connectivity index (χ3v) is 3.21. The number of aryl methyl sites for hydroxylation is 2. The lowest BCUT2D eigenvalue weighted by Gasteiger charge is -2.20. The molecule has 0 aliphatic heterocycles. The normalized spacial score (nSPS) is 12.6. The van der Waals surface area contributed by atoms with E-state index in [1.807, 2.05) is 12.4 Å². The van der Waals surface area contributed by atoms with Crippen LogP contribution in [0.2, 0.25) is 0 Å². The summed E-state index contributed by atoms with van der Waals surface area (Å²) < 4.78 is 2.21. The van der Waals surface area contributed by atoms with Crippen LogP contribution < -0.4 is 5.73 Å². The Bertz CT molecular complexity index is 502. The Kier molecular flexibility index (Phi) is 4.15. The monoisotopic (exact) mass is 243 g/mol. The molecule has 3 nitrogen and oxygen atoms in total. The zero-order valence-corrected chi connectivity index (χ0v) is 11.1. The second-order valence-electron chi connectivity index (χ2n) is 4.67. The molecule has 0 fully saturated rings. The fraction of sp³-hybridized carbons (Fsp3) is 0.400. The number of nitrogens with two attached hydrogens (primary N) is 1. The predicted molar refractivity (Wildman–Crippen MR) is 74.6 cm³/mol. The molecule has 96 valence electrons. The van der Waals surface area contributed by atoms with Crippen molar-refractivity contribution < 1.29 is 0 Å². The minimum absolute atomic E-state index is 0.189. The van der Waals surface area contributed by atoms with Crippen molar-refractivity contribution in [3.05, 3.63) is 53.6 Å². The Morgan fingerprint density at radius 3 is 2.89 bits per heavy atom. The number of hydrogen-bond donors (Lipinski definition) is 1. The number of nitrogens with zero attached hydrogens (tertiary/aromatic N) is 2. The maximum atomic E-state index is 5.96. The van der Waals surface area contributed by atoms with E-state index in [9.17, 15) is 0 Å². The van der Waals surface area contributed by atoms with Gasteiger partial charge >= 0.3 is 0 Å². The first kappa shape index (κ1) is 12.8. The van der Waals surface area contributed by atoms with Crippen molar-refractivity contribution in [3.8, 4) is 0 Å². The van der Waals surface area contributed by atoms with Crippen LogP contribution in [0.3, 0.4) is 0 Å². The van der Waals surface area contributed by atoms with Crippen LogP contribution in [0.5, 0.6) is 0 Å². The van der Waals surface area contributed by atoms with Crippen LogP contribution in [0.25, 0.3) is 0 Å². The molecule has 0 spiro atoms. The zero-order valence-electron chi connectivity index (χ0n) is 11.1. The van der Waals surface area contributed by atoms with Gasteiger partial charge in [0.1, 0.15) is 5.82 Å². The molecule has 2 rings (SSSR count). The number of benzene rings is 1. The third-order valence-electron chi connectivity index (χ3n) is 3.21. The third kappa shape index (κ3) is 2.62. The van der Waals surface area contributed by atoms with Gasteiger partial charge in [-0.1, -0.05) is 36.8 Å². The van der Waals surface area contributed by atoms with Crippen LogP contribution in [-0.4, -0.2) is 16.1 Å². The molecule has 0 aliphatic carbocycles. The molecule has 18 heavy (non-hydrogen) atoms. The highest BCUT2D eigenvalue weighted by molar-refractivity contribution is 5.26. The van der Waals surface area contributed by atoms with Crippen LogP contribution >= 0.6 is 0 Å². The van der Waals surface area contributed by atoms with Gasteiger partial charge in [0.05, 0.1) is 6.04 Å². The molecule has 0 aliphatic rings. The Morgan fingerprint density at radius 2 is 2.22 bits per heavy atom. The van der Waals surface area contributed by atoms with Crippen LogP contribution in [0.15, 0.2) is 36.7 Å². The van der Waals surface area contributed by atoms with Crippen LogP contribution in [-0.2, 0) is 6.42 Å². The van der Waals surface area contributed by atoms with E-state index in [4.69, 9.17) is 5.73 Å². The van der Waals surface area contributed by atoms with Gasteiger partial charge in [0.15, 0.2) is 0 Å². The van der Waals surface area contributed by atoms with Crippen molar-refractivity contribution >= 4 is 0 Å². The van der Waals surface area contributed by atoms with Gasteiger partial charge in [-0.25, -0.2) is 4.98 Å². The van der Waals surface area contributed by atoms with Crippen LogP contribution in [0.4, 0.5) is 0 Å². The van der Waals surface area contributed by atoms with Gasteiger partial charge in [0, 0.05) is 25.4 Å². The van der Waals surface area contributed by atoms with Crippen LogP contribution in [0.1, 0.15) is 36.3 Å². The molecule has 1 aromatic carbocycles. The number of rotatable bonds is 5. The quantitative estimate of drug-likeness (QED) is 0.877. The average molecular weight is 243 g/mol. The molecule has 1 atom stereocenters.